The highest BCUT2D eigenvalue weighted by atomic mass is 35.5. The Kier molecular flexibility index (Phi) is 7.92. The molecule has 1 unspecified atom stereocenters. The van der Waals surface area contributed by atoms with Gasteiger partial charge in [-0.15, -0.1) is 0 Å². The lowest BCUT2D eigenvalue weighted by Gasteiger charge is -2.19. The minimum Gasteiger partial charge on any atom is -0.482 e. The number of hydrogen-bond acceptors (Lipinski definition) is 4. The highest BCUT2D eigenvalue weighted by molar-refractivity contribution is 6.32. The number of amides is 3. The Morgan fingerprint density at radius 3 is 2.58 bits per heavy atom. The Balaban J connectivity index is 1.61. The second kappa shape index (κ2) is 10.7. The minimum atomic E-state index is -0.625. The summed E-state index contributed by atoms with van der Waals surface area (Å²) in [5.74, 6) is -1.61. The molecule has 1 saturated heterocycles. The number of rotatable bonds is 8. The summed E-state index contributed by atoms with van der Waals surface area (Å²) in [6.45, 7) is 6.68. The molecule has 0 aromatic heterocycles. The molecular weight excluding hydrogens is 449 g/mol. The van der Waals surface area contributed by atoms with Crippen molar-refractivity contribution in [3.8, 4) is 5.75 Å². The first-order valence-corrected chi connectivity index (χ1v) is 11.2. The Morgan fingerprint density at radius 2 is 1.94 bits per heavy atom. The van der Waals surface area contributed by atoms with E-state index in [-0.39, 0.29) is 48.0 Å². The molecule has 1 aliphatic rings. The first kappa shape index (κ1) is 24.5. The third-order valence-electron chi connectivity index (χ3n) is 5.56. The molecule has 2 aromatic carbocycles. The standard InChI is InChI=1S/C24H27ClFN3O4/c1-4-28(5-2)23(31)14-33-21-9-7-17(12-18(21)25)27-24(32)16-11-22(30)29(13-16)20-8-6-15(3)10-19(20)26/h6-10,12,16H,4-5,11,13-14H2,1-3H3,(H,27,32). The van der Waals surface area contributed by atoms with E-state index in [1.807, 2.05) is 13.8 Å². The lowest BCUT2D eigenvalue weighted by atomic mass is 10.1. The van der Waals surface area contributed by atoms with Gasteiger partial charge >= 0.3 is 0 Å². The molecule has 3 rings (SSSR count). The Hall–Kier alpha value is -3.13. The SMILES string of the molecule is CCN(CC)C(=O)COc1ccc(NC(=O)C2CC(=O)N(c3ccc(C)cc3F)C2)cc1Cl. The van der Waals surface area contributed by atoms with Gasteiger partial charge in [0.05, 0.1) is 16.6 Å². The monoisotopic (exact) mass is 475 g/mol. The predicted molar refractivity (Wildman–Crippen MR) is 125 cm³/mol. The number of hydrogen-bond donors (Lipinski definition) is 1. The highest BCUT2D eigenvalue weighted by Gasteiger charge is 2.36. The van der Waals surface area contributed by atoms with Crippen LogP contribution in [0.25, 0.3) is 0 Å². The smallest absolute Gasteiger partial charge is 0.260 e. The van der Waals surface area contributed by atoms with Crippen LogP contribution in [0.3, 0.4) is 0 Å². The highest BCUT2D eigenvalue weighted by Crippen LogP contribution is 2.31. The number of benzene rings is 2. The van der Waals surface area contributed by atoms with Gasteiger partial charge in [-0.05, 0) is 56.7 Å². The van der Waals surface area contributed by atoms with Gasteiger partial charge in [-0.1, -0.05) is 17.7 Å². The molecule has 1 aliphatic heterocycles. The van der Waals surface area contributed by atoms with Crippen molar-refractivity contribution in [1.82, 2.24) is 4.90 Å². The maximum Gasteiger partial charge on any atom is 0.260 e. The van der Waals surface area contributed by atoms with E-state index in [1.165, 1.54) is 17.0 Å². The van der Waals surface area contributed by atoms with Crippen LogP contribution in [0.1, 0.15) is 25.8 Å². The lowest BCUT2D eigenvalue weighted by molar-refractivity contribution is -0.133. The Bertz CT molecular complexity index is 1060. The number of halogens is 2. The van der Waals surface area contributed by atoms with E-state index in [0.717, 1.165) is 5.56 Å². The van der Waals surface area contributed by atoms with E-state index in [2.05, 4.69) is 5.32 Å². The summed E-state index contributed by atoms with van der Waals surface area (Å²) in [4.78, 5) is 40.2. The fourth-order valence-corrected chi connectivity index (χ4v) is 3.93. The summed E-state index contributed by atoms with van der Waals surface area (Å²) in [7, 11) is 0. The molecule has 1 N–H and O–H groups in total. The first-order chi connectivity index (χ1) is 15.7. The molecule has 1 heterocycles. The molecule has 0 saturated carbocycles. The predicted octanol–water partition coefficient (Wildman–Crippen LogP) is 4.03. The molecule has 0 spiro atoms. The summed E-state index contributed by atoms with van der Waals surface area (Å²) in [6.07, 6.45) is -0.0124. The first-order valence-electron chi connectivity index (χ1n) is 10.8. The van der Waals surface area contributed by atoms with Gasteiger partial charge in [0.15, 0.2) is 6.61 Å². The summed E-state index contributed by atoms with van der Waals surface area (Å²) in [5, 5.41) is 2.98. The zero-order valence-corrected chi connectivity index (χ0v) is 19.6. The van der Waals surface area contributed by atoms with Crippen LogP contribution in [0.5, 0.6) is 5.75 Å². The molecule has 7 nitrogen and oxygen atoms in total. The quantitative estimate of drug-likeness (QED) is 0.625. The van der Waals surface area contributed by atoms with Gasteiger partial charge in [0.1, 0.15) is 11.6 Å². The van der Waals surface area contributed by atoms with Gasteiger partial charge in [0.25, 0.3) is 5.91 Å². The maximum absolute atomic E-state index is 14.3. The van der Waals surface area contributed by atoms with Gasteiger partial charge < -0.3 is 19.9 Å². The molecule has 9 heteroatoms. The fourth-order valence-electron chi connectivity index (χ4n) is 3.69. The number of nitrogens with one attached hydrogen (secondary N) is 1. The van der Waals surface area contributed by atoms with Crippen LogP contribution >= 0.6 is 11.6 Å². The molecular formula is C24H27ClFN3O4. The van der Waals surface area contributed by atoms with Crippen molar-refractivity contribution >= 4 is 40.7 Å². The molecule has 3 amide bonds. The molecule has 2 aromatic rings. The van der Waals surface area contributed by atoms with Crippen molar-refractivity contribution < 1.29 is 23.5 Å². The van der Waals surface area contributed by atoms with Crippen LogP contribution in [0, 0.1) is 18.7 Å². The van der Waals surface area contributed by atoms with Crippen LogP contribution in [-0.4, -0.2) is 48.9 Å². The van der Waals surface area contributed by atoms with Crippen LogP contribution < -0.4 is 15.0 Å². The third kappa shape index (κ3) is 5.82. The van der Waals surface area contributed by atoms with E-state index in [1.54, 1.807) is 36.1 Å². The average molecular weight is 476 g/mol. The van der Waals surface area contributed by atoms with Gasteiger partial charge in [-0.3, -0.25) is 14.4 Å². The topological polar surface area (TPSA) is 79.0 Å². The van der Waals surface area contributed by atoms with Gasteiger partial charge in [-0.2, -0.15) is 0 Å². The fraction of sp³-hybridized carbons (Fsp3) is 0.375. The van der Waals surface area contributed by atoms with Crippen molar-refractivity contribution in [3.63, 3.8) is 0 Å². The van der Waals surface area contributed by atoms with Gasteiger partial charge in [0, 0.05) is 31.7 Å². The van der Waals surface area contributed by atoms with E-state index < -0.39 is 11.7 Å². The van der Waals surface area contributed by atoms with Crippen molar-refractivity contribution in [2.24, 2.45) is 5.92 Å². The van der Waals surface area contributed by atoms with Crippen LogP contribution in [0.2, 0.25) is 5.02 Å². The number of ether oxygens (including phenoxy) is 1. The minimum absolute atomic E-state index is 0.0124. The summed E-state index contributed by atoms with van der Waals surface area (Å²) in [6, 6.07) is 9.32. The number of aryl methyl sites for hydroxylation is 1. The van der Waals surface area contributed by atoms with Crippen molar-refractivity contribution in [2.45, 2.75) is 27.2 Å². The molecule has 0 bridgehead atoms. The number of anilines is 2. The third-order valence-corrected chi connectivity index (χ3v) is 5.85. The van der Waals surface area contributed by atoms with Gasteiger partial charge in [-0.25, -0.2) is 4.39 Å². The second-order valence-corrected chi connectivity index (χ2v) is 8.26. The molecule has 176 valence electrons. The zero-order chi connectivity index (χ0) is 24.1. The number of nitrogens with zero attached hydrogens (tertiary/aromatic N) is 2. The maximum atomic E-state index is 14.3. The zero-order valence-electron chi connectivity index (χ0n) is 18.9. The van der Waals surface area contributed by atoms with Crippen molar-refractivity contribution in [3.05, 3.63) is 52.8 Å². The van der Waals surface area contributed by atoms with Crippen LogP contribution in [0.15, 0.2) is 36.4 Å². The molecule has 0 radical (unpaired) electrons. The number of carbonyl (C=O) groups is 3. The lowest BCUT2D eigenvalue weighted by Crippen LogP contribution is -2.34. The number of likely N-dealkylation sites (N-methyl/N-ethyl adjacent to an activating group) is 1. The Morgan fingerprint density at radius 1 is 1.21 bits per heavy atom. The van der Waals surface area contributed by atoms with Gasteiger partial charge in [0.2, 0.25) is 11.8 Å². The largest absolute Gasteiger partial charge is 0.482 e. The van der Waals surface area contributed by atoms with Crippen LogP contribution in [-0.2, 0) is 14.4 Å². The average Bonchev–Trinajstić information content (AvgIpc) is 3.15. The van der Waals surface area contributed by atoms with E-state index >= 15 is 0 Å². The second-order valence-electron chi connectivity index (χ2n) is 7.85. The van der Waals surface area contributed by atoms with E-state index in [4.69, 9.17) is 16.3 Å². The molecule has 1 atom stereocenters. The van der Waals surface area contributed by atoms with Crippen LogP contribution in [0.4, 0.5) is 15.8 Å². The summed E-state index contributed by atoms with van der Waals surface area (Å²) >= 11 is 6.25. The number of carbonyl (C=O) groups excluding carboxylic acids is 3. The van der Waals surface area contributed by atoms with Crippen molar-refractivity contribution in [1.29, 1.82) is 0 Å². The summed E-state index contributed by atoms with van der Waals surface area (Å²) in [5.41, 5.74) is 1.35. The summed E-state index contributed by atoms with van der Waals surface area (Å²) < 4.78 is 19.8. The molecule has 1 fully saturated rings. The van der Waals surface area contributed by atoms with E-state index in [9.17, 15) is 18.8 Å². The molecule has 0 aliphatic carbocycles. The normalized spacial score (nSPS) is 15.5. The molecule has 33 heavy (non-hydrogen) atoms. The Labute approximate surface area is 197 Å². The van der Waals surface area contributed by atoms with E-state index in [0.29, 0.717) is 24.5 Å². The van der Waals surface area contributed by atoms with Crippen molar-refractivity contribution in [2.75, 3.05) is 36.5 Å².